The van der Waals surface area contributed by atoms with E-state index in [0.717, 1.165) is 18.1 Å². The minimum absolute atomic E-state index is 0.117. The zero-order valence-corrected chi connectivity index (χ0v) is 12.3. The van der Waals surface area contributed by atoms with Crippen LogP contribution in [0.4, 0.5) is 5.69 Å². The van der Waals surface area contributed by atoms with E-state index in [1.54, 1.807) is 0 Å². The molecule has 0 aliphatic carbocycles. The molecule has 2 rings (SSSR count). The second-order valence-corrected chi connectivity index (χ2v) is 6.25. The van der Waals surface area contributed by atoms with E-state index < -0.39 is 0 Å². The molecule has 1 saturated heterocycles. The Morgan fingerprint density at radius 3 is 2.78 bits per heavy atom. The third-order valence-electron chi connectivity index (χ3n) is 4.36. The predicted molar refractivity (Wildman–Crippen MR) is 79.4 cm³/mol. The van der Waals surface area contributed by atoms with E-state index in [9.17, 15) is 0 Å². The van der Waals surface area contributed by atoms with Crippen molar-refractivity contribution in [1.29, 1.82) is 0 Å². The van der Waals surface area contributed by atoms with E-state index in [1.807, 2.05) is 12.1 Å². The van der Waals surface area contributed by atoms with Gasteiger partial charge in [0.2, 0.25) is 0 Å². The molecule has 1 aromatic carbocycles. The molecule has 18 heavy (non-hydrogen) atoms. The molecular formula is C15H23ClN2. The number of halogens is 1. The number of aryl methyl sites for hydroxylation is 1. The molecule has 0 aromatic heterocycles. The summed E-state index contributed by atoms with van der Waals surface area (Å²) >= 11 is 6.04. The van der Waals surface area contributed by atoms with Crippen molar-refractivity contribution in [3.63, 3.8) is 0 Å². The molecule has 0 radical (unpaired) electrons. The van der Waals surface area contributed by atoms with Gasteiger partial charge in [-0.05, 0) is 69.8 Å². The maximum atomic E-state index is 6.04. The van der Waals surface area contributed by atoms with Gasteiger partial charge in [0.1, 0.15) is 0 Å². The molecule has 2 nitrogen and oxygen atoms in total. The van der Waals surface area contributed by atoms with Crippen LogP contribution in [0.1, 0.15) is 32.3 Å². The Morgan fingerprint density at radius 1 is 1.44 bits per heavy atom. The fraction of sp³-hybridized carbons (Fsp3) is 0.600. The summed E-state index contributed by atoms with van der Waals surface area (Å²) in [4.78, 5) is 2.50. The van der Waals surface area contributed by atoms with Crippen LogP contribution in [0.25, 0.3) is 0 Å². The van der Waals surface area contributed by atoms with Crippen LogP contribution >= 0.6 is 11.6 Å². The summed E-state index contributed by atoms with van der Waals surface area (Å²) in [7, 11) is 0. The highest BCUT2D eigenvalue weighted by atomic mass is 35.5. The molecule has 1 aliphatic rings. The van der Waals surface area contributed by atoms with Crippen molar-refractivity contribution in [2.45, 2.75) is 39.2 Å². The molecule has 0 saturated carbocycles. The lowest BCUT2D eigenvalue weighted by molar-refractivity contribution is 0.244. The summed E-state index contributed by atoms with van der Waals surface area (Å²) in [5.41, 5.74) is 8.59. The van der Waals surface area contributed by atoms with Crippen molar-refractivity contribution in [3.8, 4) is 0 Å². The first-order valence-electron chi connectivity index (χ1n) is 6.70. The molecule has 3 heteroatoms. The molecule has 1 atom stereocenters. The zero-order chi connectivity index (χ0) is 13.3. The van der Waals surface area contributed by atoms with Gasteiger partial charge in [0.25, 0.3) is 0 Å². The maximum Gasteiger partial charge on any atom is 0.0410 e. The van der Waals surface area contributed by atoms with Gasteiger partial charge < -0.3 is 10.6 Å². The predicted octanol–water partition coefficient (Wildman–Crippen LogP) is 3.60. The van der Waals surface area contributed by atoms with E-state index in [-0.39, 0.29) is 5.54 Å². The molecule has 0 bridgehead atoms. The van der Waals surface area contributed by atoms with Crippen LogP contribution in [-0.4, -0.2) is 18.6 Å². The highest BCUT2D eigenvalue weighted by Gasteiger charge is 2.38. The smallest absolute Gasteiger partial charge is 0.0410 e. The Morgan fingerprint density at radius 2 is 2.17 bits per heavy atom. The highest BCUT2D eigenvalue weighted by Crippen LogP contribution is 2.38. The number of benzene rings is 1. The average Bonchev–Trinajstić information content (AvgIpc) is 2.29. The SMILES string of the molecule is Cc1cc(Cl)ccc1N1CCCC(CN)C1(C)C. The largest absolute Gasteiger partial charge is 0.366 e. The maximum absolute atomic E-state index is 6.04. The molecule has 100 valence electrons. The van der Waals surface area contributed by atoms with E-state index >= 15 is 0 Å². The molecular weight excluding hydrogens is 244 g/mol. The van der Waals surface area contributed by atoms with Crippen LogP contribution in [0.5, 0.6) is 0 Å². The van der Waals surface area contributed by atoms with E-state index in [2.05, 4.69) is 31.7 Å². The van der Waals surface area contributed by atoms with Crippen LogP contribution in [-0.2, 0) is 0 Å². The Balaban J connectivity index is 2.36. The van der Waals surface area contributed by atoms with Gasteiger partial charge in [-0.1, -0.05) is 11.6 Å². The topological polar surface area (TPSA) is 29.3 Å². The summed E-state index contributed by atoms with van der Waals surface area (Å²) in [6.07, 6.45) is 2.44. The van der Waals surface area contributed by atoms with Crippen molar-refractivity contribution in [2.24, 2.45) is 11.7 Å². The Labute approximate surface area is 115 Å². The van der Waals surface area contributed by atoms with Gasteiger partial charge in [-0.2, -0.15) is 0 Å². The number of hydrogen-bond donors (Lipinski definition) is 1. The Bertz CT molecular complexity index is 429. The van der Waals surface area contributed by atoms with Gasteiger partial charge in [0.05, 0.1) is 0 Å². The van der Waals surface area contributed by atoms with Gasteiger partial charge in [0.15, 0.2) is 0 Å². The highest BCUT2D eigenvalue weighted by molar-refractivity contribution is 6.30. The number of nitrogens with two attached hydrogens (primary N) is 1. The average molecular weight is 267 g/mol. The summed E-state index contributed by atoms with van der Waals surface area (Å²) in [5.74, 6) is 0.557. The van der Waals surface area contributed by atoms with Crippen LogP contribution in [0, 0.1) is 12.8 Å². The molecule has 1 aliphatic heterocycles. The van der Waals surface area contributed by atoms with Gasteiger partial charge >= 0.3 is 0 Å². The second kappa shape index (κ2) is 5.10. The van der Waals surface area contributed by atoms with Crippen molar-refractivity contribution in [1.82, 2.24) is 0 Å². The molecule has 1 aromatic rings. The lowest BCUT2D eigenvalue weighted by Gasteiger charge is -2.49. The van der Waals surface area contributed by atoms with E-state index in [0.29, 0.717) is 5.92 Å². The number of anilines is 1. The van der Waals surface area contributed by atoms with Crippen molar-refractivity contribution >= 4 is 17.3 Å². The second-order valence-electron chi connectivity index (χ2n) is 5.81. The fourth-order valence-electron chi connectivity index (χ4n) is 3.12. The van der Waals surface area contributed by atoms with Gasteiger partial charge in [-0.3, -0.25) is 0 Å². The lowest BCUT2D eigenvalue weighted by Crippen LogP contribution is -2.55. The lowest BCUT2D eigenvalue weighted by atomic mass is 9.78. The number of nitrogens with zero attached hydrogens (tertiary/aromatic N) is 1. The standard InChI is InChI=1S/C15H23ClN2/c1-11-9-13(16)6-7-14(11)18-8-4-5-12(10-17)15(18,2)3/h6-7,9,12H,4-5,8,10,17H2,1-3H3. The quantitative estimate of drug-likeness (QED) is 0.886. The molecule has 2 N–H and O–H groups in total. The monoisotopic (exact) mass is 266 g/mol. The third-order valence-corrected chi connectivity index (χ3v) is 4.60. The van der Waals surface area contributed by atoms with E-state index in [4.69, 9.17) is 17.3 Å². The van der Waals surface area contributed by atoms with Crippen molar-refractivity contribution in [2.75, 3.05) is 18.0 Å². The molecule has 0 amide bonds. The van der Waals surface area contributed by atoms with Crippen LogP contribution in [0.3, 0.4) is 0 Å². The number of piperidine rings is 1. The summed E-state index contributed by atoms with van der Waals surface area (Å²) in [5, 5.41) is 0.807. The summed E-state index contributed by atoms with van der Waals surface area (Å²) < 4.78 is 0. The first-order valence-corrected chi connectivity index (χ1v) is 7.08. The van der Waals surface area contributed by atoms with Crippen LogP contribution in [0.15, 0.2) is 18.2 Å². The minimum Gasteiger partial charge on any atom is -0.366 e. The molecule has 1 heterocycles. The number of hydrogen-bond acceptors (Lipinski definition) is 2. The van der Waals surface area contributed by atoms with Crippen molar-refractivity contribution < 1.29 is 0 Å². The molecule has 1 unspecified atom stereocenters. The van der Waals surface area contributed by atoms with Crippen LogP contribution in [0.2, 0.25) is 5.02 Å². The zero-order valence-electron chi connectivity index (χ0n) is 11.5. The van der Waals surface area contributed by atoms with Crippen LogP contribution < -0.4 is 10.6 Å². The molecule has 1 fully saturated rings. The summed E-state index contributed by atoms with van der Waals surface area (Å²) in [6, 6.07) is 6.16. The normalized spacial score (nSPS) is 23.2. The van der Waals surface area contributed by atoms with Crippen molar-refractivity contribution in [3.05, 3.63) is 28.8 Å². The number of rotatable bonds is 2. The third kappa shape index (κ3) is 2.36. The first kappa shape index (κ1) is 13.7. The Kier molecular flexibility index (Phi) is 3.88. The Hall–Kier alpha value is -0.730. The van der Waals surface area contributed by atoms with Gasteiger partial charge in [-0.25, -0.2) is 0 Å². The molecule has 0 spiro atoms. The van der Waals surface area contributed by atoms with Gasteiger partial charge in [-0.15, -0.1) is 0 Å². The van der Waals surface area contributed by atoms with E-state index in [1.165, 1.54) is 24.1 Å². The summed E-state index contributed by atoms with van der Waals surface area (Å²) in [6.45, 7) is 8.60. The minimum atomic E-state index is 0.117. The first-order chi connectivity index (χ1) is 8.46. The van der Waals surface area contributed by atoms with Gasteiger partial charge in [0, 0.05) is 22.8 Å². The fourth-order valence-corrected chi connectivity index (χ4v) is 3.34.